The van der Waals surface area contributed by atoms with Gasteiger partial charge in [-0.15, -0.1) is 0 Å². The van der Waals surface area contributed by atoms with E-state index in [2.05, 4.69) is 26.0 Å². The summed E-state index contributed by atoms with van der Waals surface area (Å²) < 4.78 is 33.6. The van der Waals surface area contributed by atoms with E-state index in [1.807, 2.05) is 20.8 Å². The number of sulfonamides is 1. The van der Waals surface area contributed by atoms with E-state index in [-0.39, 0.29) is 17.0 Å². The van der Waals surface area contributed by atoms with Gasteiger partial charge in [0.25, 0.3) is 0 Å². The number of carbonyl (C=O) groups excluding carboxylic acids is 1. The van der Waals surface area contributed by atoms with Crippen LogP contribution in [0, 0.1) is 0 Å². The van der Waals surface area contributed by atoms with Crippen molar-refractivity contribution in [1.29, 1.82) is 0 Å². The predicted molar refractivity (Wildman–Crippen MR) is 99.9 cm³/mol. The molecule has 0 atom stereocenters. The van der Waals surface area contributed by atoms with Crippen molar-refractivity contribution in [3.8, 4) is 0 Å². The fourth-order valence-corrected chi connectivity index (χ4v) is 5.08. The Kier molecular flexibility index (Phi) is 6.51. The largest absolute Gasteiger partial charge is 0.444 e. The minimum atomic E-state index is -3.56. The van der Waals surface area contributed by atoms with E-state index in [0.717, 1.165) is 0 Å². The van der Waals surface area contributed by atoms with Crippen LogP contribution in [0.4, 0.5) is 4.79 Å². The maximum absolute atomic E-state index is 12.5. The van der Waals surface area contributed by atoms with E-state index in [1.165, 1.54) is 0 Å². The molecule has 0 radical (unpaired) electrons. The first-order valence-electron chi connectivity index (χ1n) is 8.33. The normalized spacial score (nSPS) is 21.6. The highest BCUT2D eigenvalue weighted by Crippen LogP contribution is 2.24. The van der Waals surface area contributed by atoms with Crippen LogP contribution < -0.4 is 10.0 Å². The van der Waals surface area contributed by atoms with Gasteiger partial charge in [-0.1, -0.05) is 12.1 Å². The average molecular weight is 433 g/mol. The standard InChI is InChI=1S/C17H25BrN2O4S/c1-17(2,3)24-16(21)19-12-8-10-13(11-9-12)20-25(22,23)15-7-5-4-6-14(15)18/h4-7,12-13,20H,8-11H2,1-3H3,(H,19,21)/t12-,13+. The number of rotatable bonds is 4. The third-order valence-corrected chi connectivity index (χ3v) is 6.43. The summed E-state index contributed by atoms with van der Waals surface area (Å²) >= 11 is 3.28. The number of benzene rings is 1. The smallest absolute Gasteiger partial charge is 0.407 e. The second kappa shape index (κ2) is 8.05. The molecule has 1 fully saturated rings. The molecule has 25 heavy (non-hydrogen) atoms. The van der Waals surface area contributed by atoms with Gasteiger partial charge in [0.15, 0.2) is 0 Å². The van der Waals surface area contributed by atoms with Crippen molar-refractivity contribution in [2.75, 3.05) is 0 Å². The molecular weight excluding hydrogens is 408 g/mol. The monoisotopic (exact) mass is 432 g/mol. The quantitative estimate of drug-likeness (QED) is 0.761. The van der Waals surface area contributed by atoms with Crippen molar-refractivity contribution < 1.29 is 17.9 Å². The summed E-state index contributed by atoms with van der Waals surface area (Å²) in [7, 11) is -3.56. The van der Waals surface area contributed by atoms with Crippen LogP contribution in [0.2, 0.25) is 0 Å². The SMILES string of the molecule is CC(C)(C)OC(=O)N[C@H]1CC[C@@H](NS(=O)(=O)c2ccccc2Br)CC1. The summed E-state index contributed by atoms with van der Waals surface area (Å²) in [5, 5.41) is 2.85. The molecule has 1 saturated carbocycles. The molecule has 0 heterocycles. The van der Waals surface area contributed by atoms with Gasteiger partial charge in [0.2, 0.25) is 10.0 Å². The highest BCUT2D eigenvalue weighted by atomic mass is 79.9. The molecule has 1 amide bonds. The van der Waals surface area contributed by atoms with Gasteiger partial charge < -0.3 is 10.1 Å². The Labute approximate surface area is 157 Å². The summed E-state index contributed by atoms with van der Waals surface area (Å²) in [5.41, 5.74) is -0.528. The third kappa shape index (κ3) is 6.27. The zero-order valence-electron chi connectivity index (χ0n) is 14.7. The Morgan fingerprint density at radius 2 is 1.68 bits per heavy atom. The fourth-order valence-electron chi connectivity index (χ4n) is 2.78. The number of nitrogens with one attached hydrogen (secondary N) is 2. The second-order valence-corrected chi connectivity index (χ2v) is 9.78. The van der Waals surface area contributed by atoms with Gasteiger partial charge in [-0.3, -0.25) is 0 Å². The summed E-state index contributed by atoms with van der Waals surface area (Å²) in [5.74, 6) is 0. The van der Waals surface area contributed by atoms with E-state index >= 15 is 0 Å². The van der Waals surface area contributed by atoms with Gasteiger partial charge in [0, 0.05) is 16.6 Å². The van der Waals surface area contributed by atoms with Crippen LogP contribution in [-0.4, -0.2) is 32.2 Å². The molecule has 0 aliphatic heterocycles. The summed E-state index contributed by atoms with van der Waals surface area (Å²) in [6.07, 6.45) is 2.34. The predicted octanol–water partition coefficient (Wildman–Crippen LogP) is 3.56. The summed E-state index contributed by atoms with van der Waals surface area (Å²) in [4.78, 5) is 12.0. The van der Waals surface area contributed by atoms with Crippen molar-refractivity contribution in [1.82, 2.24) is 10.0 Å². The number of halogens is 1. The highest BCUT2D eigenvalue weighted by molar-refractivity contribution is 9.10. The van der Waals surface area contributed by atoms with Gasteiger partial charge in [0.1, 0.15) is 5.60 Å². The molecule has 0 aromatic heterocycles. The van der Waals surface area contributed by atoms with Crippen molar-refractivity contribution in [2.45, 2.75) is 69.0 Å². The first-order chi connectivity index (χ1) is 11.6. The molecule has 2 N–H and O–H groups in total. The lowest BCUT2D eigenvalue weighted by Crippen LogP contribution is -2.45. The lowest BCUT2D eigenvalue weighted by molar-refractivity contribution is 0.0490. The number of amides is 1. The Bertz CT molecular complexity index is 708. The van der Waals surface area contributed by atoms with Crippen LogP contribution in [0.1, 0.15) is 46.5 Å². The Morgan fingerprint density at radius 3 is 2.24 bits per heavy atom. The minimum Gasteiger partial charge on any atom is -0.444 e. The second-order valence-electron chi connectivity index (χ2n) is 7.25. The minimum absolute atomic E-state index is 0.0130. The van der Waals surface area contributed by atoms with Gasteiger partial charge in [0.05, 0.1) is 4.90 Å². The Morgan fingerprint density at radius 1 is 1.12 bits per heavy atom. The number of carbonyl (C=O) groups is 1. The van der Waals surface area contributed by atoms with Crippen LogP contribution in [0.3, 0.4) is 0 Å². The maximum Gasteiger partial charge on any atom is 0.407 e. The molecule has 140 valence electrons. The third-order valence-electron chi connectivity index (χ3n) is 3.90. The van der Waals surface area contributed by atoms with Gasteiger partial charge in [-0.05, 0) is 74.5 Å². The molecule has 0 saturated heterocycles. The van der Waals surface area contributed by atoms with E-state index < -0.39 is 21.7 Å². The Balaban J connectivity index is 1.86. The van der Waals surface area contributed by atoms with Crippen molar-refractivity contribution in [2.24, 2.45) is 0 Å². The van der Waals surface area contributed by atoms with Crippen molar-refractivity contribution in [3.05, 3.63) is 28.7 Å². The van der Waals surface area contributed by atoms with Crippen molar-refractivity contribution in [3.63, 3.8) is 0 Å². The van der Waals surface area contributed by atoms with E-state index in [9.17, 15) is 13.2 Å². The van der Waals surface area contributed by atoms with Crippen LogP contribution in [-0.2, 0) is 14.8 Å². The van der Waals surface area contributed by atoms with Crippen LogP contribution in [0.25, 0.3) is 0 Å². The fraction of sp³-hybridized carbons (Fsp3) is 0.588. The number of hydrogen-bond donors (Lipinski definition) is 2. The molecule has 1 aromatic rings. The zero-order chi connectivity index (χ0) is 18.7. The molecular formula is C17H25BrN2O4S. The lowest BCUT2D eigenvalue weighted by Gasteiger charge is -2.30. The molecule has 0 spiro atoms. The van der Waals surface area contributed by atoms with E-state index in [0.29, 0.717) is 30.2 Å². The molecule has 6 nitrogen and oxygen atoms in total. The zero-order valence-corrected chi connectivity index (χ0v) is 17.1. The molecule has 2 rings (SSSR count). The van der Waals surface area contributed by atoms with E-state index in [1.54, 1.807) is 24.3 Å². The van der Waals surface area contributed by atoms with E-state index in [4.69, 9.17) is 4.74 Å². The Hall–Kier alpha value is -1.12. The molecule has 0 unspecified atom stereocenters. The number of hydrogen-bond acceptors (Lipinski definition) is 4. The van der Waals surface area contributed by atoms with Gasteiger partial charge >= 0.3 is 6.09 Å². The maximum atomic E-state index is 12.5. The topological polar surface area (TPSA) is 84.5 Å². The van der Waals surface area contributed by atoms with Crippen LogP contribution >= 0.6 is 15.9 Å². The molecule has 0 bridgehead atoms. The average Bonchev–Trinajstić information content (AvgIpc) is 2.47. The van der Waals surface area contributed by atoms with Crippen molar-refractivity contribution >= 4 is 32.0 Å². The number of ether oxygens (including phenoxy) is 1. The van der Waals surface area contributed by atoms with Crippen LogP contribution in [0.5, 0.6) is 0 Å². The summed E-state index contributed by atoms with van der Waals surface area (Å²) in [6.45, 7) is 5.46. The van der Waals surface area contributed by atoms with Crippen LogP contribution in [0.15, 0.2) is 33.6 Å². The number of alkyl carbamates (subject to hydrolysis) is 1. The molecule has 1 aromatic carbocycles. The lowest BCUT2D eigenvalue weighted by atomic mass is 9.92. The molecule has 8 heteroatoms. The first kappa shape index (κ1) is 20.2. The van der Waals surface area contributed by atoms with Gasteiger partial charge in [-0.25, -0.2) is 17.9 Å². The van der Waals surface area contributed by atoms with Gasteiger partial charge in [-0.2, -0.15) is 0 Å². The molecule has 1 aliphatic rings. The summed E-state index contributed by atoms with van der Waals surface area (Å²) in [6, 6.07) is 6.63. The highest BCUT2D eigenvalue weighted by Gasteiger charge is 2.28. The molecule has 1 aliphatic carbocycles. The first-order valence-corrected chi connectivity index (χ1v) is 10.6.